The molecule has 1 fully saturated rings. The Hall–Kier alpha value is -0.0800. The van der Waals surface area contributed by atoms with Crippen LogP contribution in [-0.4, -0.2) is 31.3 Å². The molecule has 0 bridgehead atoms. The zero-order chi connectivity index (χ0) is 7.23. The summed E-state index contributed by atoms with van der Waals surface area (Å²) in [6, 6.07) is 0. The lowest BCUT2D eigenvalue weighted by Crippen LogP contribution is -2.33. The van der Waals surface area contributed by atoms with Gasteiger partial charge >= 0.3 is 0 Å². The van der Waals surface area contributed by atoms with Gasteiger partial charge in [0.15, 0.2) is 0 Å². The second-order valence-corrected chi connectivity index (χ2v) is 2.98. The van der Waals surface area contributed by atoms with E-state index in [2.05, 4.69) is 4.90 Å². The van der Waals surface area contributed by atoms with Gasteiger partial charge in [0.05, 0.1) is 6.61 Å². The number of nitrogens with zero attached hydrogens (tertiary/aromatic N) is 1. The van der Waals surface area contributed by atoms with Crippen molar-refractivity contribution in [3.63, 3.8) is 0 Å². The van der Waals surface area contributed by atoms with Gasteiger partial charge in [0.2, 0.25) is 0 Å². The van der Waals surface area contributed by atoms with Crippen LogP contribution in [0.2, 0.25) is 0 Å². The first-order valence-corrected chi connectivity index (χ1v) is 4.26. The maximum atomic E-state index is 8.67. The van der Waals surface area contributed by atoms with Gasteiger partial charge in [-0.05, 0) is 12.8 Å². The second-order valence-electron chi connectivity index (χ2n) is 2.98. The summed E-state index contributed by atoms with van der Waals surface area (Å²) in [5, 5.41) is 8.67. The smallest absolute Gasteiger partial charge is 0.145 e. The first-order valence-electron chi connectivity index (χ1n) is 4.26. The summed E-state index contributed by atoms with van der Waals surface area (Å²) in [6.45, 7) is 3.58. The number of aliphatic hydroxyl groups is 1. The van der Waals surface area contributed by atoms with Gasteiger partial charge in [0.25, 0.3) is 0 Å². The zero-order valence-corrected chi connectivity index (χ0v) is 6.55. The van der Waals surface area contributed by atoms with Crippen LogP contribution in [0.1, 0.15) is 25.7 Å². The first-order chi connectivity index (χ1) is 4.93. The summed E-state index contributed by atoms with van der Waals surface area (Å²) in [6.07, 6.45) is 5.39. The lowest BCUT2D eigenvalue weighted by atomic mass is 10.2. The van der Waals surface area contributed by atoms with Gasteiger partial charge in [-0.2, -0.15) is 4.90 Å². The fourth-order valence-corrected chi connectivity index (χ4v) is 1.50. The Bertz CT molecular complexity index is 77.3. The molecule has 1 heterocycles. The van der Waals surface area contributed by atoms with Crippen molar-refractivity contribution in [3.8, 4) is 0 Å². The third-order valence-corrected chi connectivity index (χ3v) is 2.11. The zero-order valence-electron chi connectivity index (χ0n) is 6.55. The highest BCUT2D eigenvalue weighted by molar-refractivity contribution is 4.67. The standard InChI is InChI=1S/C8H17NO/c10-8-7-9-5-3-1-2-4-6-9/h10H,1-8H2/q+1. The van der Waals surface area contributed by atoms with Crippen molar-refractivity contribution in [2.24, 2.45) is 0 Å². The molecule has 0 unspecified atom stereocenters. The van der Waals surface area contributed by atoms with Gasteiger partial charge in [-0.3, -0.25) is 0 Å². The highest BCUT2D eigenvalue weighted by Gasteiger charge is 2.15. The summed E-state index contributed by atoms with van der Waals surface area (Å²) in [5.74, 6) is 0. The van der Waals surface area contributed by atoms with Crippen molar-refractivity contribution >= 4 is 0 Å². The van der Waals surface area contributed by atoms with E-state index in [0.717, 1.165) is 6.54 Å². The molecule has 10 heavy (non-hydrogen) atoms. The summed E-state index contributed by atoms with van der Waals surface area (Å²) < 4.78 is 0. The average Bonchev–Trinajstić information content (AvgIpc) is 2.17. The van der Waals surface area contributed by atoms with Crippen molar-refractivity contribution in [1.82, 2.24) is 4.90 Å². The Morgan fingerprint density at radius 3 is 2.10 bits per heavy atom. The van der Waals surface area contributed by atoms with Crippen LogP contribution in [0, 0.1) is 0 Å². The topological polar surface area (TPSA) is 26.1 Å². The molecule has 1 N–H and O–H groups in total. The molecule has 2 nitrogen and oxygen atoms in total. The van der Waals surface area contributed by atoms with E-state index in [1.54, 1.807) is 0 Å². The number of β-amino-alcohol motifs (C(OH)–C–C–N with tert-alkyl or cyclic N) is 1. The van der Waals surface area contributed by atoms with Crippen molar-refractivity contribution < 1.29 is 5.11 Å². The highest BCUT2D eigenvalue weighted by Crippen LogP contribution is 2.06. The molecular formula is C8H17NO+. The fraction of sp³-hybridized carbons (Fsp3) is 1.00. The molecule has 2 heteroatoms. The van der Waals surface area contributed by atoms with E-state index in [4.69, 9.17) is 5.11 Å². The Morgan fingerprint density at radius 1 is 1.00 bits per heavy atom. The molecule has 59 valence electrons. The summed E-state index contributed by atoms with van der Waals surface area (Å²) in [5.41, 5.74) is 0. The molecule has 0 amide bonds. The van der Waals surface area contributed by atoms with Crippen LogP contribution in [0.3, 0.4) is 0 Å². The normalized spacial score (nSPS) is 22.5. The predicted octanol–water partition coefficient (Wildman–Crippen LogP) is 0.693. The van der Waals surface area contributed by atoms with E-state index in [1.807, 2.05) is 0 Å². The highest BCUT2D eigenvalue weighted by atomic mass is 16.3. The first kappa shape index (κ1) is 8.02. The molecule has 0 aromatic rings. The predicted molar refractivity (Wildman–Crippen MR) is 42.3 cm³/mol. The van der Waals surface area contributed by atoms with E-state index in [-0.39, 0.29) is 0 Å². The molecule has 0 atom stereocenters. The van der Waals surface area contributed by atoms with Crippen molar-refractivity contribution in [2.75, 3.05) is 26.2 Å². The van der Waals surface area contributed by atoms with Gasteiger partial charge in [-0.15, -0.1) is 0 Å². The minimum atomic E-state index is 0.319. The van der Waals surface area contributed by atoms with Crippen LogP contribution in [0.4, 0.5) is 0 Å². The minimum Gasteiger partial charge on any atom is -0.390 e. The molecule has 0 aliphatic carbocycles. The lowest BCUT2D eigenvalue weighted by Gasteiger charge is -2.06. The van der Waals surface area contributed by atoms with Crippen LogP contribution in [0.15, 0.2) is 0 Å². The Morgan fingerprint density at radius 2 is 1.60 bits per heavy atom. The number of rotatable bonds is 2. The fourth-order valence-electron chi connectivity index (χ4n) is 1.50. The lowest BCUT2D eigenvalue weighted by molar-refractivity contribution is 0.255. The molecular weight excluding hydrogens is 126 g/mol. The monoisotopic (exact) mass is 143 g/mol. The van der Waals surface area contributed by atoms with E-state index < -0.39 is 0 Å². The van der Waals surface area contributed by atoms with Crippen LogP contribution < -0.4 is 4.90 Å². The molecule has 1 aliphatic heterocycles. The average molecular weight is 143 g/mol. The Labute approximate surface area is 62.8 Å². The van der Waals surface area contributed by atoms with E-state index >= 15 is 0 Å². The number of hydrogen-bond donors (Lipinski definition) is 1. The molecule has 0 aromatic carbocycles. The van der Waals surface area contributed by atoms with Crippen LogP contribution in [0.5, 0.6) is 0 Å². The molecule has 1 aliphatic rings. The van der Waals surface area contributed by atoms with Crippen LogP contribution >= 0.6 is 0 Å². The van der Waals surface area contributed by atoms with Gasteiger partial charge in [0.1, 0.15) is 19.6 Å². The number of hydrogen-bond acceptors (Lipinski definition) is 2. The molecule has 1 radical (unpaired) electrons. The third-order valence-electron chi connectivity index (χ3n) is 2.11. The SMILES string of the molecule is OCC[N+]1CCCCCC1. The molecule has 1 saturated heterocycles. The quantitative estimate of drug-likeness (QED) is 0.566. The summed E-state index contributed by atoms with van der Waals surface area (Å²) in [4.78, 5) is 2.35. The van der Waals surface area contributed by atoms with Gasteiger partial charge in [-0.1, -0.05) is 0 Å². The second kappa shape index (κ2) is 4.69. The molecule has 1 rings (SSSR count). The Balaban J connectivity index is 2.15. The summed E-state index contributed by atoms with van der Waals surface area (Å²) >= 11 is 0. The van der Waals surface area contributed by atoms with Gasteiger partial charge < -0.3 is 5.11 Å². The molecule has 0 spiro atoms. The maximum Gasteiger partial charge on any atom is 0.145 e. The van der Waals surface area contributed by atoms with Crippen molar-refractivity contribution in [2.45, 2.75) is 25.7 Å². The molecule has 0 aromatic heterocycles. The van der Waals surface area contributed by atoms with Crippen LogP contribution in [0.25, 0.3) is 0 Å². The third kappa shape index (κ3) is 2.67. The minimum absolute atomic E-state index is 0.319. The van der Waals surface area contributed by atoms with E-state index in [0.29, 0.717) is 6.61 Å². The number of likely N-dealkylation sites (tertiary alicyclic amines) is 1. The van der Waals surface area contributed by atoms with E-state index in [9.17, 15) is 0 Å². The van der Waals surface area contributed by atoms with Crippen molar-refractivity contribution in [3.05, 3.63) is 0 Å². The Kier molecular flexibility index (Phi) is 3.76. The van der Waals surface area contributed by atoms with Crippen molar-refractivity contribution in [1.29, 1.82) is 0 Å². The summed E-state index contributed by atoms with van der Waals surface area (Å²) in [7, 11) is 0. The van der Waals surface area contributed by atoms with E-state index in [1.165, 1.54) is 38.8 Å². The van der Waals surface area contributed by atoms with Gasteiger partial charge in [-0.25, -0.2) is 0 Å². The van der Waals surface area contributed by atoms with Gasteiger partial charge in [0, 0.05) is 12.8 Å². The largest absolute Gasteiger partial charge is 0.390 e. The molecule has 0 saturated carbocycles. The number of aliphatic hydroxyl groups excluding tert-OH is 1. The van der Waals surface area contributed by atoms with Crippen LogP contribution in [-0.2, 0) is 0 Å². The maximum absolute atomic E-state index is 8.67.